The number of primary sulfonamides is 1. The summed E-state index contributed by atoms with van der Waals surface area (Å²) in [6.07, 6.45) is 15.9. The number of benzene rings is 3. The standard InChI is InChI=1S/C11H12O3.C11H20O.C10H13NO3S.C10H21NO3S.C10H18O.C10H12O.C9H20O2Si.C9H18O.C5H10NO.C5H10O.Ac/c1-7(2)10(12)8-3-5-9(6-4-8)11(13)14;1-9(2)11(12)8-10-6-4-3-5-7-10;1-7(2)10(12)8-3-5-9(6-4-8)15(11,13)14;1-7(2)6-9(10(12)8(3)4)11-15(5,13)14;1-8(2)10(11)7-9-5-3-4-6-9;1-8(2)10(11)9-6-4-3-5-7-9;1-8(2)9(10)11-6-7-12(3,4)5;1-7(2)8(10)6-9(3,4)5;1-4(2)5(7)3-6;1-4(2)5(3)6;/h3-7H,1-2H3,(H,13,14);9-10H,3-8H2,1-2H3;3-7H,1-2H3,(H2,11,13,14);7-9,11H,6H2,1-5H3;8-9H,3-7H2,1-2H3;3-8H,1-2H3;8H,6-7H2,1-5H3;7H,6H2,1-5H3;4,6H,3H2,1-2H3;4H,1-3H3;/q;;;;;;;;-1;;/t;;;9-;;;;;;;/m...1......./s1. The number of sulfonamides is 2. The third-order valence-corrected chi connectivity index (χ3v) is 20.9. The van der Waals surface area contributed by atoms with Crippen molar-refractivity contribution in [1.82, 2.24) is 4.72 Å². The van der Waals surface area contributed by atoms with Crippen LogP contribution in [0.15, 0.2) is 83.8 Å². The van der Waals surface area contributed by atoms with Gasteiger partial charge in [0.15, 0.2) is 23.1 Å². The van der Waals surface area contributed by atoms with Gasteiger partial charge in [-0.05, 0) is 66.8 Å². The molecule has 2 saturated carbocycles. The summed E-state index contributed by atoms with van der Waals surface area (Å²) in [6.45, 7) is 56.7. The molecule has 0 bridgehead atoms. The molecule has 2 fully saturated rings. The van der Waals surface area contributed by atoms with E-state index >= 15 is 0 Å². The number of carbonyl (C=O) groups excluding carboxylic acids is 10. The van der Waals surface area contributed by atoms with E-state index in [4.69, 9.17) is 20.7 Å². The Balaban J connectivity index is -0.000000286. The van der Waals surface area contributed by atoms with Crippen LogP contribution in [0.4, 0.5) is 0 Å². The number of aromatic carboxylic acids is 1. The van der Waals surface area contributed by atoms with Crippen LogP contribution in [-0.2, 0) is 58.3 Å². The van der Waals surface area contributed by atoms with Gasteiger partial charge in [-0.25, -0.2) is 31.5 Å². The summed E-state index contributed by atoms with van der Waals surface area (Å²) >= 11 is 0. The summed E-state index contributed by atoms with van der Waals surface area (Å²) in [5.74, 6) is 3.12. The molecule has 0 amide bonds. The fourth-order valence-corrected chi connectivity index (χ4v) is 11.7. The first-order valence-corrected chi connectivity index (χ1v) is 47.8. The van der Waals surface area contributed by atoms with Gasteiger partial charge in [-0.2, -0.15) is 0 Å². The van der Waals surface area contributed by atoms with Gasteiger partial charge in [-0.3, -0.25) is 43.2 Å². The Morgan fingerprint density at radius 1 is 0.491 bits per heavy atom. The van der Waals surface area contributed by atoms with E-state index < -0.39 is 40.1 Å². The molecule has 3 aromatic carbocycles. The van der Waals surface area contributed by atoms with Crippen molar-refractivity contribution in [2.24, 2.45) is 87.5 Å². The SMILES string of the molecule is CC(=O)C(C)C.CC(C)C(=O)CC(C)(C)C.CC(C)C(=O)CC1CCCC1.CC(C)C(=O)CC1CCCCC1.CC(C)C(=O)C[NH-].CC(C)C(=O)OCC[Si](C)(C)C.CC(C)C(=O)c1ccc(C(=O)O)cc1.CC(C)C(=O)c1ccc(S(N)(=O)=O)cc1.CC(C)C(=O)c1ccccc1.CC(C)C[C@@H](NS(C)(=O)=O)C(=O)C(C)C.[Ac]. The molecule has 5 N–H and O–H groups in total. The largest absolute Gasteiger partial charge is 0.671 e. The Kier molecular flexibility index (Phi) is 66.4. The van der Waals surface area contributed by atoms with Crippen LogP contribution in [0.25, 0.3) is 5.73 Å². The van der Waals surface area contributed by atoms with E-state index in [2.05, 4.69) is 45.1 Å². The van der Waals surface area contributed by atoms with Gasteiger partial charge in [0.25, 0.3) is 0 Å². The second-order valence-corrected chi connectivity index (χ2v) is 44.3. The molecular formula is C90H154AcN3O17S2Si-. The third kappa shape index (κ3) is 66.0. The molecule has 5 rings (SSSR count). The maximum absolute atomic E-state index is 11.7. The summed E-state index contributed by atoms with van der Waals surface area (Å²) in [7, 11) is -8.03. The quantitative estimate of drug-likeness (QED) is 0.0330. The minimum absolute atomic E-state index is 0. The Labute approximate surface area is 728 Å². The first-order valence-electron chi connectivity index (χ1n) is 40.6. The molecule has 0 heterocycles. The molecule has 0 spiro atoms. The van der Waals surface area contributed by atoms with E-state index in [1.54, 1.807) is 60.6 Å². The third-order valence-electron chi connectivity index (χ3n) is 17.5. The Morgan fingerprint density at radius 2 is 0.825 bits per heavy atom. The minimum Gasteiger partial charge on any atom is -0.671 e. The van der Waals surface area contributed by atoms with Crippen molar-refractivity contribution in [3.05, 3.63) is 107 Å². The van der Waals surface area contributed by atoms with E-state index in [0.717, 1.165) is 36.6 Å². The molecule has 1 atom stereocenters. The van der Waals surface area contributed by atoms with Gasteiger partial charge in [-0.15, -0.1) is 0 Å². The number of nitrogens with one attached hydrogen (secondary N) is 2. The van der Waals surface area contributed by atoms with Crippen LogP contribution < -0.4 is 9.86 Å². The van der Waals surface area contributed by atoms with Crippen molar-refractivity contribution in [3.63, 3.8) is 0 Å². The van der Waals surface area contributed by atoms with Crippen molar-refractivity contribution in [2.45, 2.75) is 300 Å². The fourth-order valence-electron chi connectivity index (χ4n) is 9.74. The van der Waals surface area contributed by atoms with Gasteiger partial charge >= 0.3 is 11.9 Å². The minimum atomic E-state index is -3.68. The van der Waals surface area contributed by atoms with Crippen molar-refractivity contribution < 1.29 is 123 Å². The maximum Gasteiger partial charge on any atom is 0.335 e. The molecule has 0 aliphatic heterocycles. The number of carbonyl (C=O) groups is 11. The normalized spacial score (nSPS) is 13.1. The number of hydrogen-bond acceptors (Lipinski definition) is 16. The number of ketones is 9. The number of hydrogen-bond donors (Lipinski definition) is 3. The fraction of sp³-hybridized carbons (Fsp3) is 0.678. The smallest absolute Gasteiger partial charge is 0.335 e. The van der Waals surface area contributed by atoms with E-state index in [9.17, 15) is 69.6 Å². The van der Waals surface area contributed by atoms with Crippen molar-refractivity contribution in [1.29, 1.82) is 0 Å². The average Bonchev–Trinajstić information content (AvgIpc) is 1.54. The molecule has 0 unspecified atom stereocenters. The first kappa shape index (κ1) is 120. The van der Waals surface area contributed by atoms with Crippen LogP contribution in [0, 0.1) is 126 Å². The van der Waals surface area contributed by atoms with Gasteiger partial charge in [0.05, 0.1) is 35.3 Å². The van der Waals surface area contributed by atoms with Crippen LogP contribution in [-0.4, -0.2) is 119 Å². The second kappa shape index (κ2) is 63.1. The van der Waals surface area contributed by atoms with Crippen LogP contribution in [0.3, 0.4) is 0 Å². The van der Waals surface area contributed by atoms with Crippen LogP contribution in [0.2, 0.25) is 25.7 Å². The monoisotopic (exact) mass is 1870 g/mol. The molecule has 20 nitrogen and oxygen atoms in total. The van der Waals surface area contributed by atoms with Crippen LogP contribution in [0.1, 0.15) is 305 Å². The van der Waals surface area contributed by atoms with Gasteiger partial charge < -0.3 is 20.4 Å². The van der Waals surface area contributed by atoms with Gasteiger partial charge in [0, 0.05) is 141 Å². The first-order chi connectivity index (χ1) is 51.6. The van der Waals surface area contributed by atoms with Crippen LogP contribution >= 0.6 is 0 Å². The van der Waals surface area contributed by atoms with Gasteiger partial charge in [-0.1, -0.05) is 312 Å². The zero-order valence-corrected chi connectivity index (χ0v) is 83.2. The molecule has 0 aromatic heterocycles. The number of carboxylic acids is 1. The molecule has 3 aromatic rings. The second-order valence-electron chi connectivity index (χ2n) is 35.4. The molecule has 114 heavy (non-hydrogen) atoms. The van der Waals surface area contributed by atoms with E-state index in [-0.39, 0.29) is 172 Å². The topological polar surface area (TPSA) is 347 Å². The maximum atomic E-state index is 11.7. The predicted octanol–water partition coefficient (Wildman–Crippen LogP) is 20.7. The van der Waals surface area contributed by atoms with E-state index in [0.29, 0.717) is 53.8 Å². The molecule has 1 radical (unpaired) electrons. The Bertz CT molecular complexity index is 3490. The number of Topliss-reactive ketones (excluding diaryl/α,β-unsaturated/α-hetero) is 9. The summed E-state index contributed by atoms with van der Waals surface area (Å²) in [5, 5.41) is 13.6. The molecule has 24 heteroatoms. The number of rotatable bonds is 29. The van der Waals surface area contributed by atoms with Crippen LogP contribution in [0.5, 0.6) is 0 Å². The Hall–Kier alpha value is -4.93. The number of esters is 1. The van der Waals surface area contributed by atoms with Gasteiger partial charge in [0.1, 0.15) is 28.9 Å². The van der Waals surface area contributed by atoms with Crippen molar-refractivity contribution in [2.75, 3.05) is 19.4 Å². The summed E-state index contributed by atoms with van der Waals surface area (Å²) in [6, 6.07) is 21.5. The molecule has 2 aliphatic rings. The zero-order valence-electron chi connectivity index (χ0n) is 75.9. The van der Waals surface area contributed by atoms with Gasteiger partial charge in [0.2, 0.25) is 20.0 Å². The molecular weight excluding hydrogens is 1710 g/mol. The average molecular weight is 1870 g/mol. The molecule has 2 aliphatic carbocycles. The summed E-state index contributed by atoms with van der Waals surface area (Å²) in [5.41, 5.74) is 8.81. The van der Waals surface area contributed by atoms with E-state index in [1.165, 1.54) is 94.2 Å². The zero-order chi connectivity index (χ0) is 89.2. The predicted molar refractivity (Wildman–Crippen MR) is 466 cm³/mol. The number of nitrogens with two attached hydrogens (primary N) is 1. The molecule has 0 saturated heterocycles. The summed E-state index contributed by atoms with van der Waals surface area (Å²) < 4.78 is 51.5. The molecule has 651 valence electrons. The van der Waals surface area contributed by atoms with Crippen molar-refractivity contribution >= 4 is 92.1 Å². The summed E-state index contributed by atoms with van der Waals surface area (Å²) in [4.78, 5) is 122. The van der Waals surface area contributed by atoms with Crippen molar-refractivity contribution in [3.8, 4) is 0 Å². The Morgan fingerprint density at radius 3 is 1.07 bits per heavy atom. The number of ether oxygens (including phenoxy) is 1. The number of carboxylic acid groups (broad SMARTS) is 1. The van der Waals surface area contributed by atoms with E-state index in [1.807, 2.05) is 141 Å².